The van der Waals surface area contributed by atoms with Crippen LogP contribution in [-0.2, 0) is 23.1 Å². The van der Waals surface area contributed by atoms with Gasteiger partial charge in [0.2, 0.25) is 0 Å². The Labute approximate surface area is 113 Å². The summed E-state index contributed by atoms with van der Waals surface area (Å²) in [5, 5.41) is 8.23. The second-order valence-electron chi connectivity index (χ2n) is 4.96. The van der Waals surface area contributed by atoms with Gasteiger partial charge in [-0.25, -0.2) is 0 Å². The van der Waals surface area contributed by atoms with Crippen molar-refractivity contribution in [1.29, 1.82) is 0 Å². The summed E-state index contributed by atoms with van der Waals surface area (Å²) < 4.78 is 7.13. The number of piperidine rings is 1. The Morgan fingerprint density at radius 1 is 1.42 bits per heavy atom. The minimum absolute atomic E-state index is 0.110. The van der Waals surface area contributed by atoms with Crippen LogP contribution in [0.15, 0.2) is 0 Å². The van der Waals surface area contributed by atoms with Gasteiger partial charge in [-0.3, -0.25) is 9.69 Å². The van der Waals surface area contributed by atoms with Gasteiger partial charge in [-0.1, -0.05) is 6.42 Å². The first-order valence-electron chi connectivity index (χ1n) is 6.89. The minimum atomic E-state index is -0.134. The largest absolute Gasteiger partial charge is 0.465 e. The molecule has 1 aromatic rings. The molecule has 6 heteroatoms. The number of likely N-dealkylation sites (tertiary alicyclic amines) is 1. The molecule has 0 aliphatic carbocycles. The Balaban J connectivity index is 2.07. The quantitative estimate of drug-likeness (QED) is 0.762. The van der Waals surface area contributed by atoms with Gasteiger partial charge in [-0.15, -0.1) is 10.2 Å². The van der Waals surface area contributed by atoms with Gasteiger partial charge in [0, 0.05) is 7.05 Å². The maximum atomic E-state index is 12.0. The van der Waals surface area contributed by atoms with Crippen molar-refractivity contribution in [2.75, 3.05) is 13.2 Å². The number of esters is 1. The third-order valence-electron chi connectivity index (χ3n) is 3.70. The van der Waals surface area contributed by atoms with Crippen LogP contribution in [-0.4, -0.2) is 44.8 Å². The molecule has 0 spiro atoms. The Morgan fingerprint density at radius 2 is 2.21 bits per heavy atom. The zero-order valence-electron chi connectivity index (χ0n) is 11.9. The maximum Gasteiger partial charge on any atom is 0.323 e. The van der Waals surface area contributed by atoms with Gasteiger partial charge in [-0.05, 0) is 33.2 Å². The average Bonchev–Trinajstić information content (AvgIpc) is 2.72. The summed E-state index contributed by atoms with van der Waals surface area (Å²) in [6, 6.07) is -0.134. The zero-order valence-corrected chi connectivity index (χ0v) is 11.9. The smallest absolute Gasteiger partial charge is 0.323 e. The van der Waals surface area contributed by atoms with Gasteiger partial charge in [0.05, 0.1) is 13.2 Å². The van der Waals surface area contributed by atoms with E-state index >= 15 is 0 Å². The van der Waals surface area contributed by atoms with E-state index in [9.17, 15) is 4.79 Å². The highest BCUT2D eigenvalue weighted by Gasteiger charge is 2.30. The minimum Gasteiger partial charge on any atom is -0.465 e. The first-order chi connectivity index (χ1) is 9.13. The molecule has 6 nitrogen and oxygen atoms in total. The first kappa shape index (κ1) is 14.0. The summed E-state index contributed by atoms with van der Waals surface area (Å²) in [6.07, 6.45) is 3.07. The summed E-state index contributed by atoms with van der Waals surface area (Å²) in [4.78, 5) is 14.1. The van der Waals surface area contributed by atoms with Crippen molar-refractivity contribution in [2.45, 2.75) is 45.7 Å². The molecule has 0 radical (unpaired) electrons. The van der Waals surface area contributed by atoms with Crippen molar-refractivity contribution in [3.63, 3.8) is 0 Å². The SMILES string of the molecule is CCOC(=O)C1CCCCN1Cc1nnc(C)n1C. The molecule has 1 aromatic heterocycles. The highest BCUT2D eigenvalue weighted by molar-refractivity contribution is 5.75. The van der Waals surface area contributed by atoms with Crippen molar-refractivity contribution in [3.8, 4) is 0 Å². The molecule has 0 bridgehead atoms. The first-order valence-corrected chi connectivity index (χ1v) is 6.89. The number of nitrogens with zero attached hydrogens (tertiary/aromatic N) is 4. The molecule has 1 aliphatic heterocycles. The van der Waals surface area contributed by atoms with Gasteiger partial charge in [0.25, 0.3) is 0 Å². The van der Waals surface area contributed by atoms with Crippen LogP contribution in [0.3, 0.4) is 0 Å². The number of hydrogen-bond acceptors (Lipinski definition) is 5. The van der Waals surface area contributed by atoms with Crippen LogP contribution in [0.4, 0.5) is 0 Å². The molecular weight excluding hydrogens is 244 g/mol. The molecule has 1 saturated heterocycles. The van der Waals surface area contributed by atoms with E-state index in [2.05, 4.69) is 15.1 Å². The fourth-order valence-electron chi connectivity index (χ4n) is 2.46. The average molecular weight is 266 g/mol. The van der Waals surface area contributed by atoms with E-state index in [-0.39, 0.29) is 12.0 Å². The van der Waals surface area contributed by atoms with Crippen molar-refractivity contribution < 1.29 is 9.53 Å². The Hall–Kier alpha value is -1.43. The molecule has 106 valence electrons. The van der Waals surface area contributed by atoms with Gasteiger partial charge in [0.15, 0.2) is 0 Å². The number of carbonyl (C=O) groups excluding carboxylic acids is 1. The fourth-order valence-corrected chi connectivity index (χ4v) is 2.46. The summed E-state index contributed by atoms with van der Waals surface area (Å²) in [7, 11) is 1.95. The number of hydrogen-bond donors (Lipinski definition) is 0. The van der Waals surface area contributed by atoms with Crippen LogP contribution >= 0.6 is 0 Å². The van der Waals surface area contributed by atoms with E-state index in [1.54, 1.807) is 0 Å². The van der Waals surface area contributed by atoms with E-state index in [1.807, 2.05) is 25.5 Å². The molecule has 1 fully saturated rings. The van der Waals surface area contributed by atoms with Crippen LogP contribution in [0.25, 0.3) is 0 Å². The standard InChI is InChI=1S/C13H22N4O2/c1-4-19-13(18)11-7-5-6-8-17(11)9-12-15-14-10(2)16(12)3/h11H,4-9H2,1-3H3. The van der Waals surface area contributed by atoms with E-state index in [4.69, 9.17) is 4.74 Å². The van der Waals surface area contributed by atoms with Crippen molar-refractivity contribution in [2.24, 2.45) is 7.05 Å². The van der Waals surface area contributed by atoms with Gasteiger partial charge < -0.3 is 9.30 Å². The molecule has 1 atom stereocenters. The van der Waals surface area contributed by atoms with Gasteiger partial charge >= 0.3 is 5.97 Å². The third-order valence-corrected chi connectivity index (χ3v) is 3.70. The summed E-state index contributed by atoms with van der Waals surface area (Å²) in [5.74, 6) is 1.68. The molecule has 2 heterocycles. The number of carbonyl (C=O) groups is 1. The molecule has 0 saturated carbocycles. The molecule has 1 unspecified atom stereocenters. The molecular formula is C13H22N4O2. The van der Waals surface area contributed by atoms with Crippen LogP contribution in [0.1, 0.15) is 37.8 Å². The van der Waals surface area contributed by atoms with Crippen LogP contribution in [0.5, 0.6) is 0 Å². The van der Waals surface area contributed by atoms with E-state index in [1.165, 1.54) is 0 Å². The number of aryl methyl sites for hydroxylation is 1. The maximum absolute atomic E-state index is 12.0. The normalized spacial score (nSPS) is 20.5. The van der Waals surface area contributed by atoms with Crippen molar-refractivity contribution in [1.82, 2.24) is 19.7 Å². The lowest BCUT2D eigenvalue weighted by molar-refractivity contribution is -0.151. The summed E-state index contributed by atoms with van der Waals surface area (Å²) in [5.41, 5.74) is 0. The predicted molar refractivity (Wildman–Crippen MR) is 70.4 cm³/mol. The Bertz CT molecular complexity index is 444. The van der Waals surface area contributed by atoms with Crippen LogP contribution in [0, 0.1) is 6.92 Å². The van der Waals surface area contributed by atoms with Crippen LogP contribution < -0.4 is 0 Å². The molecule has 0 aromatic carbocycles. The highest BCUT2D eigenvalue weighted by Crippen LogP contribution is 2.20. The predicted octanol–water partition coefficient (Wildman–Crippen LogP) is 1.04. The van der Waals surface area contributed by atoms with Gasteiger partial charge in [0.1, 0.15) is 17.7 Å². The lowest BCUT2D eigenvalue weighted by Crippen LogP contribution is -2.45. The number of aromatic nitrogens is 3. The Morgan fingerprint density at radius 3 is 2.84 bits per heavy atom. The molecule has 2 rings (SSSR count). The molecule has 0 N–H and O–H groups in total. The van der Waals surface area contributed by atoms with Crippen molar-refractivity contribution in [3.05, 3.63) is 11.6 Å². The number of ether oxygens (including phenoxy) is 1. The fraction of sp³-hybridized carbons (Fsp3) is 0.769. The second kappa shape index (κ2) is 6.14. The van der Waals surface area contributed by atoms with Crippen LogP contribution in [0.2, 0.25) is 0 Å². The van der Waals surface area contributed by atoms with E-state index in [0.717, 1.165) is 37.5 Å². The molecule has 0 amide bonds. The second-order valence-corrected chi connectivity index (χ2v) is 4.96. The van der Waals surface area contributed by atoms with E-state index in [0.29, 0.717) is 13.2 Å². The Kier molecular flexibility index (Phi) is 4.52. The summed E-state index contributed by atoms with van der Waals surface area (Å²) >= 11 is 0. The van der Waals surface area contributed by atoms with Crippen molar-refractivity contribution >= 4 is 5.97 Å². The third kappa shape index (κ3) is 3.12. The zero-order chi connectivity index (χ0) is 13.8. The highest BCUT2D eigenvalue weighted by atomic mass is 16.5. The summed E-state index contributed by atoms with van der Waals surface area (Å²) in [6.45, 7) is 5.77. The molecule has 1 aliphatic rings. The van der Waals surface area contributed by atoms with Gasteiger partial charge in [-0.2, -0.15) is 0 Å². The van der Waals surface area contributed by atoms with E-state index < -0.39 is 0 Å². The monoisotopic (exact) mass is 266 g/mol. The number of rotatable bonds is 4. The lowest BCUT2D eigenvalue weighted by atomic mass is 10.0. The topological polar surface area (TPSA) is 60.2 Å². The molecule has 19 heavy (non-hydrogen) atoms. The lowest BCUT2D eigenvalue weighted by Gasteiger charge is -2.33.